The second-order valence-corrected chi connectivity index (χ2v) is 14.0. The fraction of sp³-hybridized carbons (Fsp3) is 0.405. The van der Waals surface area contributed by atoms with Crippen molar-refractivity contribution in [3.63, 3.8) is 0 Å². The quantitative estimate of drug-likeness (QED) is 0.155. The predicted molar refractivity (Wildman–Crippen MR) is 207 cm³/mol. The van der Waals surface area contributed by atoms with Gasteiger partial charge in [0.2, 0.25) is 5.91 Å². The van der Waals surface area contributed by atoms with Gasteiger partial charge in [0.1, 0.15) is 5.75 Å². The van der Waals surface area contributed by atoms with Gasteiger partial charge >= 0.3 is 0 Å². The highest BCUT2D eigenvalue weighted by atomic mass is 16.5. The van der Waals surface area contributed by atoms with Crippen molar-refractivity contribution < 1.29 is 29.0 Å². The van der Waals surface area contributed by atoms with Crippen molar-refractivity contribution in [2.24, 2.45) is 0 Å². The van der Waals surface area contributed by atoms with E-state index in [-0.39, 0.29) is 36.5 Å². The lowest BCUT2D eigenvalue weighted by Crippen LogP contribution is -2.46. The van der Waals surface area contributed by atoms with Gasteiger partial charge in [0.25, 0.3) is 17.7 Å². The minimum Gasteiger partial charge on any atom is -0.484 e. The summed E-state index contributed by atoms with van der Waals surface area (Å²) in [5.74, 6) is -0.338. The topological polar surface area (TPSA) is 137 Å². The highest BCUT2D eigenvalue weighted by molar-refractivity contribution is 6.01. The maximum atomic E-state index is 14.6. The van der Waals surface area contributed by atoms with E-state index in [1.165, 1.54) is 0 Å². The zero-order valence-electron chi connectivity index (χ0n) is 31.4. The van der Waals surface area contributed by atoms with E-state index in [4.69, 9.17) is 9.84 Å². The molecule has 3 heterocycles. The Bertz CT molecular complexity index is 1970. The number of nitrogens with zero attached hydrogens (tertiary/aromatic N) is 5. The Balaban J connectivity index is 1.26. The zero-order valence-corrected chi connectivity index (χ0v) is 31.4. The number of carbonyl (C=O) groups excluding carboxylic acids is 4. The predicted octanol–water partition coefficient (Wildman–Crippen LogP) is 5.93. The minimum absolute atomic E-state index is 0.0945. The first-order chi connectivity index (χ1) is 26.2. The van der Waals surface area contributed by atoms with E-state index in [9.17, 15) is 24.3 Å². The summed E-state index contributed by atoms with van der Waals surface area (Å²) >= 11 is 0. The average molecular weight is 735 g/mol. The second-order valence-electron chi connectivity index (χ2n) is 14.0. The minimum atomic E-state index is -0.455. The van der Waals surface area contributed by atoms with Crippen molar-refractivity contribution in [1.29, 1.82) is 0 Å². The molecule has 1 saturated heterocycles. The van der Waals surface area contributed by atoms with Crippen LogP contribution in [0, 0.1) is 6.92 Å². The van der Waals surface area contributed by atoms with Gasteiger partial charge in [0, 0.05) is 49.7 Å². The highest BCUT2D eigenvalue weighted by Gasteiger charge is 2.32. The number of benzene rings is 3. The SMILES string of the molecule is CCCCN(CCCC)C(=O)c1cc(C)n(-c2ccc(NC(=O)COc3ccc(N4CCCC4=O)cc3)cc2C(=O)N2Cc3ccccc3C[C@H]2CO)n1. The number of carbonyl (C=O) groups is 4. The summed E-state index contributed by atoms with van der Waals surface area (Å²) in [5.41, 5.74) is 4.94. The highest BCUT2D eigenvalue weighted by Crippen LogP contribution is 2.29. The first kappa shape index (κ1) is 38.2. The molecule has 3 aromatic carbocycles. The molecule has 4 aromatic rings. The number of aryl methyl sites for hydroxylation is 1. The van der Waals surface area contributed by atoms with Crippen molar-refractivity contribution in [3.05, 3.63) is 101 Å². The number of fused-ring (bicyclic) bond motifs is 1. The molecule has 2 N–H and O–H groups in total. The van der Waals surface area contributed by atoms with Crippen LogP contribution < -0.4 is 15.0 Å². The average Bonchev–Trinajstić information content (AvgIpc) is 3.81. The lowest BCUT2D eigenvalue weighted by Gasteiger charge is -2.36. The Morgan fingerprint density at radius 3 is 2.35 bits per heavy atom. The molecule has 4 amide bonds. The number of hydrogen-bond donors (Lipinski definition) is 2. The van der Waals surface area contributed by atoms with Crippen molar-refractivity contribution in [2.75, 3.05) is 43.1 Å². The third kappa shape index (κ3) is 8.65. The van der Waals surface area contributed by atoms with Gasteiger partial charge in [-0.1, -0.05) is 51.0 Å². The Morgan fingerprint density at radius 2 is 1.69 bits per heavy atom. The monoisotopic (exact) mass is 734 g/mol. The largest absolute Gasteiger partial charge is 0.484 e. The molecule has 0 unspecified atom stereocenters. The van der Waals surface area contributed by atoms with E-state index in [1.54, 1.807) is 63.0 Å². The molecule has 54 heavy (non-hydrogen) atoms. The number of ether oxygens (including phenoxy) is 1. The summed E-state index contributed by atoms with van der Waals surface area (Å²) in [5, 5.41) is 18.0. The van der Waals surface area contributed by atoms with E-state index in [0.717, 1.165) is 48.9 Å². The van der Waals surface area contributed by atoms with E-state index >= 15 is 0 Å². The van der Waals surface area contributed by atoms with Crippen molar-refractivity contribution in [3.8, 4) is 11.4 Å². The van der Waals surface area contributed by atoms with Crippen LogP contribution in [0.1, 0.15) is 90.0 Å². The Labute approximate surface area is 316 Å². The number of rotatable bonds is 15. The zero-order chi connectivity index (χ0) is 38.2. The Hall–Kier alpha value is -5.49. The summed E-state index contributed by atoms with van der Waals surface area (Å²) in [6.45, 7) is 7.82. The molecule has 2 aliphatic heterocycles. The normalized spacial score (nSPS) is 15.3. The summed E-state index contributed by atoms with van der Waals surface area (Å²) in [4.78, 5) is 58.8. The van der Waals surface area contributed by atoms with Crippen molar-refractivity contribution in [2.45, 2.75) is 78.3 Å². The molecule has 12 heteroatoms. The molecular formula is C42H50N6O6. The number of aliphatic hydroxyl groups is 1. The molecule has 0 spiro atoms. The van der Waals surface area contributed by atoms with Gasteiger partial charge in [-0.05, 0) is 92.3 Å². The van der Waals surface area contributed by atoms with Crippen LogP contribution in [0.25, 0.3) is 5.69 Å². The summed E-state index contributed by atoms with van der Waals surface area (Å²) in [6.07, 6.45) is 5.60. The van der Waals surface area contributed by atoms with Gasteiger partial charge in [0.15, 0.2) is 12.3 Å². The second kappa shape index (κ2) is 17.6. The van der Waals surface area contributed by atoms with Gasteiger partial charge < -0.3 is 29.9 Å². The molecule has 284 valence electrons. The Kier molecular flexibility index (Phi) is 12.4. The third-order valence-electron chi connectivity index (χ3n) is 10.1. The number of aliphatic hydroxyl groups excluding tert-OH is 1. The van der Waals surface area contributed by atoms with Crippen LogP contribution >= 0.6 is 0 Å². The number of aromatic nitrogens is 2. The molecular weight excluding hydrogens is 684 g/mol. The van der Waals surface area contributed by atoms with Crippen molar-refractivity contribution >= 4 is 35.0 Å². The van der Waals surface area contributed by atoms with Crippen LogP contribution in [-0.4, -0.2) is 87.2 Å². The van der Waals surface area contributed by atoms with Gasteiger partial charge in [-0.3, -0.25) is 19.2 Å². The van der Waals surface area contributed by atoms with Gasteiger partial charge in [-0.2, -0.15) is 5.10 Å². The Morgan fingerprint density at radius 1 is 0.963 bits per heavy atom. The first-order valence-electron chi connectivity index (χ1n) is 19.0. The number of unbranched alkanes of at least 4 members (excludes halogenated alkanes) is 2. The molecule has 0 radical (unpaired) electrons. The maximum absolute atomic E-state index is 14.6. The van der Waals surface area contributed by atoms with E-state index in [1.807, 2.05) is 36.1 Å². The number of anilines is 2. The maximum Gasteiger partial charge on any atom is 0.274 e. The van der Waals surface area contributed by atoms with E-state index in [0.29, 0.717) is 67.5 Å². The first-order valence-corrected chi connectivity index (χ1v) is 19.0. The number of amides is 4. The smallest absolute Gasteiger partial charge is 0.274 e. The van der Waals surface area contributed by atoms with Gasteiger partial charge in [-0.25, -0.2) is 4.68 Å². The standard InChI is InChI=1S/C42H50N6O6/c1-4-6-20-45(21-7-5-2)42(53)37-23-29(3)48(44-37)38-19-14-32(25-36(38)41(52)47-26-31-12-9-8-11-30(31)24-34(47)27-49)43-39(50)28-54-35-17-15-33(16-18-35)46-22-10-13-40(46)51/h8-9,11-12,14-19,23,25,34,49H,4-7,10,13,20-22,24,26-28H2,1-3H3,(H,43,50)/t34-/m0/s1. The van der Waals surface area contributed by atoms with Crippen LogP contribution in [0.2, 0.25) is 0 Å². The summed E-state index contributed by atoms with van der Waals surface area (Å²) < 4.78 is 7.36. The molecule has 2 aliphatic rings. The molecule has 0 aliphatic carbocycles. The third-order valence-corrected chi connectivity index (χ3v) is 10.1. The van der Waals surface area contributed by atoms with Crippen LogP contribution in [0.3, 0.4) is 0 Å². The summed E-state index contributed by atoms with van der Waals surface area (Å²) in [6, 6.07) is 21.3. The molecule has 0 saturated carbocycles. The molecule has 0 bridgehead atoms. The molecule has 1 atom stereocenters. The van der Waals surface area contributed by atoms with Crippen LogP contribution in [0.5, 0.6) is 5.75 Å². The molecule has 6 rings (SSSR count). The van der Waals surface area contributed by atoms with Crippen LogP contribution in [0.4, 0.5) is 11.4 Å². The fourth-order valence-corrected chi connectivity index (χ4v) is 7.10. The van der Waals surface area contributed by atoms with Crippen LogP contribution in [0.15, 0.2) is 72.8 Å². The molecule has 12 nitrogen and oxygen atoms in total. The van der Waals surface area contributed by atoms with Gasteiger partial charge in [0.05, 0.1) is 23.9 Å². The van der Waals surface area contributed by atoms with Crippen LogP contribution in [-0.2, 0) is 22.6 Å². The van der Waals surface area contributed by atoms with E-state index < -0.39 is 11.9 Å². The molecule has 1 fully saturated rings. The van der Waals surface area contributed by atoms with Crippen molar-refractivity contribution in [1.82, 2.24) is 19.6 Å². The van der Waals surface area contributed by atoms with Gasteiger partial charge in [-0.15, -0.1) is 0 Å². The lowest BCUT2D eigenvalue weighted by molar-refractivity contribution is -0.118. The van der Waals surface area contributed by atoms with E-state index in [2.05, 4.69) is 19.2 Å². The lowest BCUT2D eigenvalue weighted by atomic mass is 9.93. The number of hydrogen-bond acceptors (Lipinski definition) is 7. The molecule has 1 aromatic heterocycles. The summed E-state index contributed by atoms with van der Waals surface area (Å²) in [7, 11) is 0. The fourth-order valence-electron chi connectivity index (χ4n) is 7.10. The number of nitrogens with one attached hydrogen (secondary N) is 1.